The highest BCUT2D eigenvalue weighted by molar-refractivity contribution is 7.15. The van der Waals surface area contributed by atoms with Crippen molar-refractivity contribution in [2.75, 3.05) is 36.3 Å². The van der Waals surface area contributed by atoms with Crippen LogP contribution in [0, 0.1) is 5.92 Å². The second kappa shape index (κ2) is 10.5. The van der Waals surface area contributed by atoms with E-state index in [1.807, 2.05) is 18.2 Å². The van der Waals surface area contributed by atoms with Gasteiger partial charge < -0.3 is 25.0 Å². The highest BCUT2D eigenvalue weighted by Crippen LogP contribution is 2.30. The molecule has 0 bridgehead atoms. The summed E-state index contributed by atoms with van der Waals surface area (Å²) in [7, 11) is 3.16. The minimum Gasteiger partial charge on any atom is -0.493 e. The fraction of sp³-hybridized carbons (Fsp3) is 0.292. The highest BCUT2D eigenvalue weighted by atomic mass is 32.1. The summed E-state index contributed by atoms with van der Waals surface area (Å²) in [5.41, 5.74) is 2.29. The molecule has 3 aromatic rings. The van der Waals surface area contributed by atoms with Crippen LogP contribution < -0.4 is 25.0 Å². The van der Waals surface area contributed by atoms with Gasteiger partial charge in [0.25, 0.3) is 0 Å². The second-order valence-corrected chi connectivity index (χ2v) is 9.05. The topological polar surface area (TPSA) is 123 Å². The standard InChI is InChI=1S/C24H25N5O5S/c1-14(30)25-17-5-7-18(8-6-17)29-13-16(12-22(29)31)23(32)26-24-28-27-21(35-24)11-15-4-9-19(33-2)20(10-15)34-3/h4-10,16H,11-13H2,1-3H3,(H,25,30)(H,26,28,32). The zero-order chi connectivity index (χ0) is 24.9. The van der Waals surface area contributed by atoms with Crippen LogP contribution in [0.1, 0.15) is 23.9 Å². The van der Waals surface area contributed by atoms with Crippen molar-refractivity contribution in [1.82, 2.24) is 10.2 Å². The monoisotopic (exact) mass is 495 g/mol. The van der Waals surface area contributed by atoms with E-state index in [4.69, 9.17) is 9.47 Å². The van der Waals surface area contributed by atoms with Crippen molar-refractivity contribution in [3.05, 3.63) is 53.0 Å². The third-order valence-corrected chi connectivity index (χ3v) is 6.33. The number of nitrogens with zero attached hydrogens (tertiary/aromatic N) is 3. The lowest BCUT2D eigenvalue weighted by Gasteiger charge is -2.17. The van der Waals surface area contributed by atoms with Crippen LogP contribution in [0.4, 0.5) is 16.5 Å². The summed E-state index contributed by atoms with van der Waals surface area (Å²) >= 11 is 1.28. The first-order valence-electron chi connectivity index (χ1n) is 10.9. The Morgan fingerprint density at radius 1 is 1.06 bits per heavy atom. The van der Waals surface area contributed by atoms with Gasteiger partial charge in [-0.3, -0.25) is 14.4 Å². The Hall–Kier alpha value is -3.99. The zero-order valence-electron chi connectivity index (χ0n) is 19.5. The maximum atomic E-state index is 12.8. The molecule has 35 heavy (non-hydrogen) atoms. The predicted octanol–water partition coefficient (Wildman–Crippen LogP) is 3.10. The van der Waals surface area contributed by atoms with Crippen molar-refractivity contribution in [2.45, 2.75) is 19.8 Å². The quantitative estimate of drug-likeness (QED) is 0.492. The summed E-state index contributed by atoms with van der Waals surface area (Å²) in [6.07, 6.45) is 0.634. The van der Waals surface area contributed by atoms with Gasteiger partial charge in [0.1, 0.15) is 5.01 Å². The maximum Gasteiger partial charge on any atom is 0.231 e. The molecule has 1 aliphatic rings. The van der Waals surface area contributed by atoms with Gasteiger partial charge in [0.2, 0.25) is 22.9 Å². The lowest BCUT2D eigenvalue weighted by atomic mass is 10.1. The lowest BCUT2D eigenvalue weighted by Crippen LogP contribution is -2.28. The van der Waals surface area contributed by atoms with Crippen LogP contribution in [0.5, 0.6) is 11.5 Å². The smallest absolute Gasteiger partial charge is 0.231 e. The molecule has 10 nitrogen and oxygen atoms in total. The van der Waals surface area contributed by atoms with Gasteiger partial charge in [-0.15, -0.1) is 10.2 Å². The number of amides is 3. The fourth-order valence-electron chi connectivity index (χ4n) is 3.81. The molecule has 0 aliphatic carbocycles. The van der Waals surface area contributed by atoms with Gasteiger partial charge in [0.05, 0.1) is 20.1 Å². The molecule has 1 unspecified atom stereocenters. The van der Waals surface area contributed by atoms with Gasteiger partial charge in [-0.1, -0.05) is 17.4 Å². The Bertz CT molecular complexity index is 1240. The molecule has 0 spiro atoms. The predicted molar refractivity (Wildman–Crippen MR) is 132 cm³/mol. The van der Waals surface area contributed by atoms with E-state index in [0.717, 1.165) is 10.6 Å². The van der Waals surface area contributed by atoms with E-state index >= 15 is 0 Å². The minimum atomic E-state index is -0.504. The normalized spacial score (nSPS) is 15.1. The highest BCUT2D eigenvalue weighted by Gasteiger charge is 2.35. The van der Waals surface area contributed by atoms with E-state index in [1.165, 1.54) is 18.3 Å². The van der Waals surface area contributed by atoms with E-state index in [1.54, 1.807) is 43.4 Å². The summed E-state index contributed by atoms with van der Waals surface area (Å²) in [4.78, 5) is 38.1. The third-order valence-electron chi connectivity index (χ3n) is 5.50. The molecule has 1 atom stereocenters. The first-order valence-corrected chi connectivity index (χ1v) is 11.7. The summed E-state index contributed by atoms with van der Waals surface area (Å²) in [5.74, 6) is 0.188. The van der Waals surface area contributed by atoms with Crippen molar-refractivity contribution in [3.8, 4) is 11.5 Å². The van der Waals surface area contributed by atoms with Gasteiger partial charge in [0.15, 0.2) is 11.5 Å². The molecule has 1 saturated heterocycles. The lowest BCUT2D eigenvalue weighted by molar-refractivity contribution is -0.122. The number of rotatable bonds is 8. The van der Waals surface area contributed by atoms with Crippen LogP contribution in [-0.2, 0) is 20.8 Å². The average molecular weight is 496 g/mol. The molecule has 11 heteroatoms. The van der Waals surface area contributed by atoms with Gasteiger partial charge in [-0.2, -0.15) is 0 Å². The number of methoxy groups -OCH3 is 2. The number of nitrogens with one attached hydrogen (secondary N) is 2. The average Bonchev–Trinajstić information content (AvgIpc) is 3.45. The number of carbonyl (C=O) groups is 3. The van der Waals surface area contributed by atoms with Crippen molar-refractivity contribution in [2.24, 2.45) is 5.92 Å². The van der Waals surface area contributed by atoms with E-state index in [-0.39, 0.29) is 30.7 Å². The fourth-order valence-corrected chi connectivity index (χ4v) is 4.59. The molecule has 2 N–H and O–H groups in total. The summed E-state index contributed by atoms with van der Waals surface area (Å²) in [5, 5.41) is 14.8. The maximum absolute atomic E-state index is 12.8. The largest absolute Gasteiger partial charge is 0.493 e. The van der Waals surface area contributed by atoms with Crippen molar-refractivity contribution < 1.29 is 23.9 Å². The molecule has 4 rings (SSSR count). The number of ether oxygens (including phenoxy) is 2. The van der Waals surface area contributed by atoms with Crippen LogP contribution in [0.3, 0.4) is 0 Å². The zero-order valence-corrected chi connectivity index (χ0v) is 20.3. The molecule has 0 saturated carbocycles. The van der Waals surface area contributed by atoms with Crippen molar-refractivity contribution in [3.63, 3.8) is 0 Å². The summed E-state index contributed by atoms with van der Waals surface area (Å²) in [6, 6.07) is 12.6. The SMILES string of the molecule is COc1ccc(Cc2nnc(NC(=O)C3CC(=O)N(c4ccc(NC(C)=O)cc4)C3)s2)cc1OC. The first kappa shape index (κ1) is 24.1. The van der Waals surface area contributed by atoms with Crippen LogP contribution in [0.25, 0.3) is 0 Å². The Labute approximate surface area is 206 Å². The third kappa shape index (κ3) is 5.75. The Kier molecular flexibility index (Phi) is 7.25. The van der Waals surface area contributed by atoms with E-state index in [0.29, 0.717) is 34.4 Å². The number of hydrogen-bond acceptors (Lipinski definition) is 8. The van der Waals surface area contributed by atoms with E-state index in [9.17, 15) is 14.4 Å². The van der Waals surface area contributed by atoms with Crippen molar-refractivity contribution >= 4 is 45.6 Å². The molecular weight excluding hydrogens is 470 g/mol. The van der Waals surface area contributed by atoms with E-state index in [2.05, 4.69) is 20.8 Å². The molecule has 2 heterocycles. The first-order chi connectivity index (χ1) is 16.9. The minimum absolute atomic E-state index is 0.108. The summed E-state index contributed by atoms with van der Waals surface area (Å²) in [6.45, 7) is 1.69. The molecule has 1 fully saturated rings. The van der Waals surface area contributed by atoms with Crippen LogP contribution in [0.2, 0.25) is 0 Å². The van der Waals surface area contributed by atoms with Crippen LogP contribution >= 0.6 is 11.3 Å². The molecule has 3 amide bonds. The molecular formula is C24H25N5O5S. The van der Waals surface area contributed by atoms with Gasteiger partial charge >= 0.3 is 0 Å². The van der Waals surface area contributed by atoms with Crippen LogP contribution in [0.15, 0.2) is 42.5 Å². The second-order valence-electron chi connectivity index (χ2n) is 7.99. The molecule has 1 aromatic heterocycles. The van der Waals surface area contributed by atoms with Crippen LogP contribution in [-0.4, -0.2) is 48.7 Å². The molecule has 1 aliphatic heterocycles. The van der Waals surface area contributed by atoms with Gasteiger partial charge in [0, 0.05) is 37.7 Å². The molecule has 2 aromatic carbocycles. The molecule has 0 radical (unpaired) electrons. The number of carbonyl (C=O) groups excluding carboxylic acids is 3. The van der Waals surface area contributed by atoms with E-state index < -0.39 is 5.92 Å². The molecule has 182 valence electrons. The number of anilines is 3. The number of hydrogen-bond donors (Lipinski definition) is 2. The van der Waals surface area contributed by atoms with Gasteiger partial charge in [-0.25, -0.2) is 0 Å². The summed E-state index contributed by atoms with van der Waals surface area (Å²) < 4.78 is 10.6. The van der Waals surface area contributed by atoms with Crippen molar-refractivity contribution in [1.29, 1.82) is 0 Å². The Morgan fingerprint density at radius 2 is 1.80 bits per heavy atom. The van der Waals surface area contributed by atoms with Gasteiger partial charge in [-0.05, 0) is 42.0 Å². The Balaban J connectivity index is 1.36. The number of benzene rings is 2. The number of aromatic nitrogens is 2. The Morgan fingerprint density at radius 3 is 2.49 bits per heavy atom.